The summed E-state index contributed by atoms with van der Waals surface area (Å²) in [6.07, 6.45) is 1.78. The average Bonchev–Trinajstić information content (AvgIpc) is 2.94. The fraction of sp³-hybridized carbons (Fsp3) is 0.400. The topological polar surface area (TPSA) is 70.7 Å². The van der Waals surface area contributed by atoms with Crippen LogP contribution in [0.2, 0.25) is 0 Å². The summed E-state index contributed by atoms with van der Waals surface area (Å²) in [4.78, 5) is 16.1. The largest absolute Gasteiger partial charge is 0.349 e. The second kappa shape index (κ2) is 6.84. The number of hydrogen-bond acceptors (Lipinski definition) is 3. The van der Waals surface area contributed by atoms with Gasteiger partial charge in [-0.15, -0.1) is 5.10 Å². The van der Waals surface area contributed by atoms with Gasteiger partial charge in [-0.1, -0.05) is 44.2 Å². The quantitative estimate of drug-likeness (QED) is 0.847. The molecular weight excluding hydrogens is 252 g/mol. The van der Waals surface area contributed by atoms with E-state index in [0.717, 1.165) is 18.7 Å². The zero-order valence-electron chi connectivity index (χ0n) is 11.9. The summed E-state index contributed by atoms with van der Waals surface area (Å²) in [6, 6.07) is 10.1. The monoisotopic (exact) mass is 272 g/mol. The third-order valence-electron chi connectivity index (χ3n) is 3.16. The number of aromatic amines is 1. The lowest BCUT2D eigenvalue weighted by Gasteiger charge is -2.11. The molecule has 1 aromatic carbocycles. The second-order valence-electron chi connectivity index (χ2n) is 4.88. The first-order valence-electron chi connectivity index (χ1n) is 6.95. The smallest absolute Gasteiger partial charge is 0.290 e. The first kappa shape index (κ1) is 14.2. The molecule has 1 atom stereocenters. The van der Waals surface area contributed by atoms with E-state index in [2.05, 4.69) is 46.5 Å². The van der Waals surface area contributed by atoms with Crippen LogP contribution in [-0.2, 0) is 6.42 Å². The van der Waals surface area contributed by atoms with Crippen LogP contribution in [0.4, 0.5) is 0 Å². The Kier molecular flexibility index (Phi) is 4.87. The number of nitrogens with zero attached hydrogens (tertiary/aromatic N) is 2. The molecule has 1 unspecified atom stereocenters. The molecule has 5 heteroatoms. The summed E-state index contributed by atoms with van der Waals surface area (Å²) in [5, 5.41) is 9.59. The minimum atomic E-state index is -0.230. The molecule has 2 rings (SSSR count). The van der Waals surface area contributed by atoms with Gasteiger partial charge < -0.3 is 5.32 Å². The maximum absolute atomic E-state index is 11.9. The second-order valence-corrected chi connectivity index (χ2v) is 4.88. The van der Waals surface area contributed by atoms with Crippen molar-refractivity contribution in [2.45, 2.75) is 32.6 Å². The Balaban J connectivity index is 1.88. The average molecular weight is 272 g/mol. The Labute approximate surface area is 118 Å². The van der Waals surface area contributed by atoms with Gasteiger partial charge in [-0.2, -0.15) is 0 Å². The first-order chi connectivity index (χ1) is 9.70. The summed E-state index contributed by atoms with van der Waals surface area (Å²) >= 11 is 0. The fourth-order valence-corrected chi connectivity index (χ4v) is 1.97. The molecule has 106 valence electrons. The van der Waals surface area contributed by atoms with Crippen molar-refractivity contribution in [1.29, 1.82) is 0 Å². The Hall–Kier alpha value is -2.17. The van der Waals surface area contributed by atoms with E-state index in [-0.39, 0.29) is 17.6 Å². The van der Waals surface area contributed by atoms with Gasteiger partial charge in [-0.3, -0.25) is 9.89 Å². The van der Waals surface area contributed by atoms with Crippen LogP contribution >= 0.6 is 0 Å². The number of rotatable bonds is 6. The molecule has 0 radical (unpaired) electrons. The molecule has 1 amide bonds. The van der Waals surface area contributed by atoms with E-state index in [4.69, 9.17) is 0 Å². The first-order valence-corrected chi connectivity index (χ1v) is 6.95. The molecule has 0 spiro atoms. The number of aromatic nitrogens is 3. The van der Waals surface area contributed by atoms with Crippen molar-refractivity contribution in [1.82, 2.24) is 20.5 Å². The molecule has 0 bridgehead atoms. The van der Waals surface area contributed by atoms with Crippen LogP contribution in [0.1, 0.15) is 48.2 Å². The SMILES string of the molecule is CCCc1nc(C(=O)NCC(C)c2ccccc2)n[nH]1. The number of benzene rings is 1. The van der Waals surface area contributed by atoms with Gasteiger partial charge in [0.15, 0.2) is 0 Å². The van der Waals surface area contributed by atoms with Crippen LogP contribution < -0.4 is 5.32 Å². The van der Waals surface area contributed by atoms with E-state index >= 15 is 0 Å². The number of carbonyl (C=O) groups is 1. The number of amides is 1. The minimum Gasteiger partial charge on any atom is -0.349 e. The van der Waals surface area contributed by atoms with Crippen molar-refractivity contribution < 1.29 is 4.79 Å². The highest BCUT2D eigenvalue weighted by atomic mass is 16.2. The lowest BCUT2D eigenvalue weighted by atomic mass is 10.0. The highest BCUT2D eigenvalue weighted by Gasteiger charge is 2.13. The highest BCUT2D eigenvalue weighted by molar-refractivity contribution is 5.90. The molecule has 0 fully saturated rings. The number of carbonyl (C=O) groups excluding carboxylic acids is 1. The third kappa shape index (κ3) is 3.66. The van der Waals surface area contributed by atoms with Gasteiger partial charge in [0.25, 0.3) is 5.91 Å². The van der Waals surface area contributed by atoms with E-state index in [1.165, 1.54) is 5.56 Å². The molecule has 5 nitrogen and oxygen atoms in total. The standard InChI is InChI=1S/C15H20N4O/c1-3-7-13-17-14(19-18-13)15(20)16-10-11(2)12-8-5-4-6-9-12/h4-6,8-9,11H,3,7,10H2,1-2H3,(H,16,20)(H,17,18,19). The summed E-state index contributed by atoms with van der Waals surface area (Å²) in [6.45, 7) is 4.71. The number of hydrogen-bond donors (Lipinski definition) is 2. The molecule has 1 heterocycles. The van der Waals surface area contributed by atoms with Crippen LogP contribution in [0.5, 0.6) is 0 Å². The predicted octanol–water partition coefficient (Wildman–Crippen LogP) is 2.29. The Morgan fingerprint density at radius 3 is 2.80 bits per heavy atom. The van der Waals surface area contributed by atoms with E-state index in [9.17, 15) is 4.79 Å². The van der Waals surface area contributed by atoms with Crippen LogP contribution in [-0.4, -0.2) is 27.6 Å². The zero-order valence-corrected chi connectivity index (χ0v) is 11.9. The Morgan fingerprint density at radius 1 is 1.35 bits per heavy atom. The number of nitrogens with one attached hydrogen (secondary N) is 2. The Bertz CT molecular complexity index is 550. The normalized spacial score (nSPS) is 12.1. The van der Waals surface area contributed by atoms with Crippen LogP contribution in [0.3, 0.4) is 0 Å². The molecule has 2 aromatic rings. The van der Waals surface area contributed by atoms with Crippen molar-refractivity contribution in [2.24, 2.45) is 0 Å². The summed E-state index contributed by atoms with van der Waals surface area (Å²) in [5.41, 5.74) is 1.20. The molecule has 20 heavy (non-hydrogen) atoms. The van der Waals surface area contributed by atoms with Crippen LogP contribution in [0, 0.1) is 0 Å². The van der Waals surface area contributed by atoms with Crippen LogP contribution in [0.25, 0.3) is 0 Å². The summed E-state index contributed by atoms with van der Waals surface area (Å²) < 4.78 is 0. The van der Waals surface area contributed by atoms with Crippen molar-refractivity contribution in [3.63, 3.8) is 0 Å². The summed E-state index contributed by atoms with van der Waals surface area (Å²) in [7, 11) is 0. The molecule has 0 saturated carbocycles. The van der Waals surface area contributed by atoms with Gasteiger partial charge in [0.05, 0.1) is 0 Å². The van der Waals surface area contributed by atoms with Crippen molar-refractivity contribution in [2.75, 3.05) is 6.54 Å². The molecule has 0 saturated heterocycles. The molecule has 0 aliphatic heterocycles. The zero-order chi connectivity index (χ0) is 14.4. The molecule has 1 aromatic heterocycles. The van der Waals surface area contributed by atoms with Gasteiger partial charge in [-0.05, 0) is 17.9 Å². The Morgan fingerprint density at radius 2 is 2.10 bits per heavy atom. The van der Waals surface area contributed by atoms with E-state index in [0.29, 0.717) is 6.54 Å². The van der Waals surface area contributed by atoms with E-state index < -0.39 is 0 Å². The van der Waals surface area contributed by atoms with Gasteiger partial charge >= 0.3 is 0 Å². The van der Waals surface area contributed by atoms with Crippen molar-refractivity contribution >= 4 is 5.91 Å². The maximum Gasteiger partial charge on any atom is 0.290 e. The van der Waals surface area contributed by atoms with Gasteiger partial charge in [0.1, 0.15) is 5.82 Å². The molecule has 0 aliphatic rings. The minimum absolute atomic E-state index is 0.216. The van der Waals surface area contributed by atoms with Gasteiger partial charge in [-0.25, -0.2) is 4.98 Å². The molecule has 2 N–H and O–H groups in total. The number of aryl methyl sites for hydroxylation is 1. The lowest BCUT2D eigenvalue weighted by molar-refractivity contribution is 0.0941. The van der Waals surface area contributed by atoms with Crippen LogP contribution in [0.15, 0.2) is 30.3 Å². The fourth-order valence-electron chi connectivity index (χ4n) is 1.97. The van der Waals surface area contributed by atoms with E-state index in [1.807, 2.05) is 18.2 Å². The van der Waals surface area contributed by atoms with Gasteiger partial charge in [0.2, 0.25) is 5.82 Å². The van der Waals surface area contributed by atoms with Crippen molar-refractivity contribution in [3.05, 3.63) is 47.5 Å². The number of H-pyrrole nitrogens is 1. The van der Waals surface area contributed by atoms with E-state index in [1.54, 1.807) is 0 Å². The maximum atomic E-state index is 11.9. The molecular formula is C15H20N4O. The molecule has 0 aliphatic carbocycles. The third-order valence-corrected chi connectivity index (χ3v) is 3.16. The van der Waals surface area contributed by atoms with Crippen molar-refractivity contribution in [3.8, 4) is 0 Å². The lowest BCUT2D eigenvalue weighted by Crippen LogP contribution is -2.28. The highest BCUT2D eigenvalue weighted by Crippen LogP contribution is 2.13. The van der Waals surface area contributed by atoms with Gasteiger partial charge in [0, 0.05) is 13.0 Å². The predicted molar refractivity (Wildman–Crippen MR) is 77.6 cm³/mol. The summed E-state index contributed by atoms with van der Waals surface area (Å²) in [5.74, 6) is 1.00.